The van der Waals surface area contributed by atoms with Gasteiger partial charge in [0.05, 0.1) is 6.10 Å². The number of ether oxygens (including phenoxy) is 1. The van der Waals surface area contributed by atoms with Gasteiger partial charge < -0.3 is 20.5 Å². The molecule has 0 radical (unpaired) electrons. The van der Waals surface area contributed by atoms with Crippen LogP contribution in [0.3, 0.4) is 0 Å². The lowest BCUT2D eigenvalue weighted by atomic mass is 9.60. The highest BCUT2D eigenvalue weighted by Gasteiger charge is 2.57. The molecule has 2 saturated carbocycles. The Balaban J connectivity index is 1.86. The highest BCUT2D eigenvalue weighted by molar-refractivity contribution is 5.75. The van der Waals surface area contributed by atoms with Gasteiger partial charge in [-0.2, -0.15) is 0 Å². The van der Waals surface area contributed by atoms with Crippen LogP contribution in [-0.4, -0.2) is 42.5 Å². The van der Waals surface area contributed by atoms with Crippen LogP contribution in [0.2, 0.25) is 0 Å². The van der Waals surface area contributed by atoms with Gasteiger partial charge in [0.25, 0.3) is 0 Å². The molecule has 0 heterocycles. The smallest absolute Gasteiger partial charge is 0.315 e. The first-order valence-corrected chi connectivity index (χ1v) is 8.45. The zero-order valence-electron chi connectivity index (χ0n) is 13.4. The zero-order chi connectivity index (χ0) is 15.3. The van der Waals surface area contributed by atoms with E-state index in [1.807, 2.05) is 13.8 Å². The standard InChI is InChI=1S/C16H30N2O3/c1-3-12(7-10-19)17-15(20)18-13-11-14(21-4-2)16(13)8-5-6-9-16/h12-14,19H,3-11H2,1-2H3,(H2,17,18,20). The average molecular weight is 298 g/mol. The summed E-state index contributed by atoms with van der Waals surface area (Å²) in [5, 5.41) is 15.1. The highest BCUT2D eigenvalue weighted by Crippen LogP contribution is 2.54. The first-order chi connectivity index (χ1) is 10.2. The molecule has 0 bridgehead atoms. The van der Waals surface area contributed by atoms with Crippen molar-refractivity contribution in [1.29, 1.82) is 0 Å². The number of aliphatic hydroxyl groups excluding tert-OH is 1. The Morgan fingerprint density at radius 2 is 2.10 bits per heavy atom. The first-order valence-electron chi connectivity index (χ1n) is 8.45. The molecule has 2 aliphatic rings. The van der Waals surface area contributed by atoms with Crippen molar-refractivity contribution in [2.24, 2.45) is 5.41 Å². The fourth-order valence-corrected chi connectivity index (χ4v) is 4.01. The van der Waals surface area contributed by atoms with Crippen molar-refractivity contribution in [1.82, 2.24) is 10.6 Å². The number of carbonyl (C=O) groups is 1. The van der Waals surface area contributed by atoms with Crippen molar-refractivity contribution in [2.75, 3.05) is 13.2 Å². The minimum absolute atomic E-state index is 0.0530. The molecule has 3 unspecified atom stereocenters. The third-order valence-corrected chi connectivity index (χ3v) is 5.30. The molecule has 21 heavy (non-hydrogen) atoms. The maximum absolute atomic E-state index is 12.2. The predicted octanol–water partition coefficient (Wildman–Crippen LogP) is 2.18. The van der Waals surface area contributed by atoms with Crippen molar-refractivity contribution in [3.8, 4) is 0 Å². The summed E-state index contributed by atoms with van der Waals surface area (Å²) in [5.41, 5.74) is 0.173. The Kier molecular flexibility index (Phi) is 5.88. The van der Waals surface area contributed by atoms with Gasteiger partial charge in [-0.1, -0.05) is 19.8 Å². The van der Waals surface area contributed by atoms with Crippen molar-refractivity contribution in [3.05, 3.63) is 0 Å². The molecule has 2 amide bonds. The minimum atomic E-state index is -0.0958. The van der Waals surface area contributed by atoms with Crippen LogP contribution in [0.4, 0.5) is 4.79 Å². The molecule has 2 fully saturated rings. The molecular weight excluding hydrogens is 268 g/mol. The number of urea groups is 1. The van der Waals surface area contributed by atoms with E-state index in [1.165, 1.54) is 12.8 Å². The summed E-state index contributed by atoms with van der Waals surface area (Å²) in [6, 6.07) is 0.196. The fourth-order valence-electron chi connectivity index (χ4n) is 4.01. The molecule has 0 aromatic rings. The molecule has 3 atom stereocenters. The maximum atomic E-state index is 12.2. The Morgan fingerprint density at radius 3 is 2.67 bits per heavy atom. The van der Waals surface area contributed by atoms with E-state index in [0.717, 1.165) is 32.3 Å². The van der Waals surface area contributed by atoms with Crippen molar-refractivity contribution in [3.63, 3.8) is 0 Å². The van der Waals surface area contributed by atoms with Gasteiger partial charge in [-0.25, -0.2) is 4.79 Å². The number of aliphatic hydroxyl groups is 1. The number of hydrogen-bond acceptors (Lipinski definition) is 3. The summed E-state index contributed by atoms with van der Waals surface area (Å²) in [5.74, 6) is 0. The fraction of sp³-hybridized carbons (Fsp3) is 0.938. The summed E-state index contributed by atoms with van der Waals surface area (Å²) in [7, 11) is 0. The normalized spacial score (nSPS) is 28.1. The second-order valence-electron chi connectivity index (χ2n) is 6.41. The molecule has 0 saturated heterocycles. The zero-order valence-corrected chi connectivity index (χ0v) is 13.4. The molecule has 0 aliphatic heterocycles. The van der Waals surface area contributed by atoms with Crippen LogP contribution in [0, 0.1) is 5.41 Å². The number of nitrogens with one attached hydrogen (secondary N) is 2. The third-order valence-electron chi connectivity index (χ3n) is 5.30. The Labute approximate surface area is 127 Å². The van der Waals surface area contributed by atoms with Gasteiger partial charge in [0.15, 0.2) is 0 Å². The van der Waals surface area contributed by atoms with E-state index >= 15 is 0 Å². The SMILES string of the molecule is CCOC1CC(NC(=O)NC(CC)CCO)C12CCCC2. The van der Waals surface area contributed by atoms with Crippen LogP contribution in [-0.2, 0) is 4.74 Å². The summed E-state index contributed by atoms with van der Waals surface area (Å²) in [6.45, 7) is 4.92. The molecule has 1 spiro atoms. The van der Waals surface area contributed by atoms with Gasteiger partial charge in [0.1, 0.15) is 0 Å². The predicted molar refractivity (Wildman–Crippen MR) is 82.2 cm³/mol. The quantitative estimate of drug-likeness (QED) is 0.674. The number of rotatable bonds is 7. The van der Waals surface area contributed by atoms with Gasteiger partial charge in [-0.05, 0) is 39.0 Å². The number of hydrogen-bond donors (Lipinski definition) is 3. The summed E-state index contributed by atoms with van der Waals surface area (Å²) in [4.78, 5) is 12.2. The van der Waals surface area contributed by atoms with Crippen molar-refractivity contribution < 1.29 is 14.6 Å². The molecular formula is C16H30N2O3. The van der Waals surface area contributed by atoms with Gasteiger partial charge in [0.2, 0.25) is 0 Å². The molecule has 5 heteroatoms. The third kappa shape index (κ3) is 3.51. The summed E-state index contributed by atoms with van der Waals surface area (Å²) in [6.07, 6.45) is 7.50. The second-order valence-corrected chi connectivity index (χ2v) is 6.41. The topological polar surface area (TPSA) is 70.6 Å². The van der Waals surface area contributed by atoms with Gasteiger partial charge in [-0.15, -0.1) is 0 Å². The lowest BCUT2D eigenvalue weighted by molar-refractivity contribution is -0.126. The lowest BCUT2D eigenvalue weighted by Gasteiger charge is -2.54. The maximum Gasteiger partial charge on any atom is 0.315 e. The van der Waals surface area contributed by atoms with Crippen LogP contribution in [0.25, 0.3) is 0 Å². The van der Waals surface area contributed by atoms with Crippen molar-refractivity contribution in [2.45, 2.75) is 77.0 Å². The van der Waals surface area contributed by atoms with E-state index in [-0.39, 0.29) is 30.1 Å². The van der Waals surface area contributed by atoms with Crippen LogP contribution in [0.15, 0.2) is 0 Å². The van der Waals surface area contributed by atoms with E-state index in [4.69, 9.17) is 9.84 Å². The van der Waals surface area contributed by atoms with Crippen LogP contribution < -0.4 is 10.6 Å². The second kappa shape index (κ2) is 7.45. The van der Waals surface area contributed by atoms with E-state index in [9.17, 15) is 4.79 Å². The Hall–Kier alpha value is -0.810. The minimum Gasteiger partial charge on any atom is -0.396 e. The van der Waals surface area contributed by atoms with Crippen LogP contribution in [0.1, 0.15) is 58.8 Å². The molecule has 3 N–H and O–H groups in total. The first kappa shape index (κ1) is 16.6. The Bertz CT molecular complexity index is 342. The molecule has 5 nitrogen and oxygen atoms in total. The largest absolute Gasteiger partial charge is 0.396 e. The number of amides is 2. The molecule has 0 aromatic carbocycles. The molecule has 2 aliphatic carbocycles. The highest BCUT2D eigenvalue weighted by atomic mass is 16.5. The monoisotopic (exact) mass is 298 g/mol. The average Bonchev–Trinajstić information content (AvgIpc) is 2.98. The molecule has 0 aromatic heterocycles. The molecule has 122 valence electrons. The molecule has 2 rings (SSSR count). The van der Waals surface area contributed by atoms with E-state index < -0.39 is 0 Å². The van der Waals surface area contributed by atoms with Crippen LogP contribution >= 0.6 is 0 Å². The summed E-state index contributed by atoms with van der Waals surface area (Å²) >= 11 is 0. The number of carbonyl (C=O) groups excluding carboxylic acids is 1. The van der Waals surface area contributed by atoms with Gasteiger partial charge in [-0.3, -0.25) is 0 Å². The summed E-state index contributed by atoms with van der Waals surface area (Å²) < 4.78 is 5.86. The van der Waals surface area contributed by atoms with Gasteiger partial charge >= 0.3 is 6.03 Å². The van der Waals surface area contributed by atoms with Crippen LogP contribution in [0.5, 0.6) is 0 Å². The Morgan fingerprint density at radius 1 is 1.38 bits per heavy atom. The van der Waals surface area contributed by atoms with E-state index in [1.54, 1.807) is 0 Å². The van der Waals surface area contributed by atoms with E-state index in [2.05, 4.69) is 10.6 Å². The van der Waals surface area contributed by atoms with Gasteiger partial charge in [0, 0.05) is 30.7 Å². The van der Waals surface area contributed by atoms with E-state index in [0.29, 0.717) is 12.5 Å². The lowest BCUT2D eigenvalue weighted by Crippen LogP contribution is -2.65. The van der Waals surface area contributed by atoms with Crippen molar-refractivity contribution >= 4 is 6.03 Å².